The van der Waals surface area contributed by atoms with E-state index in [9.17, 15) is 4.79 Å². The molecule has 2 rings (SSSR count). The minimum Gasteiger partial charge on any atom is -0.444 e. The number of aliphatic hydroxyl groups is 1. The maximum absolute atomic E-state index is 12.0. The van der Waals surface area contributed by atoms with Gasteiger partial charge in [-0.1, -0.05) is 0 Å². The molecule has 0 aromatic rings. The van der Waals surface area contributed by atoms with Crippen LogP contribution in [0.15, 0.2) is 0 Å². The van der Waals surface area contributed by atoms with Crippen molar-refractivity contribution in [2.24, 2.45) is 0 Å². The molecule has 1 saturated heterocycles. The van der Waals surface area contributed by atoms with Gasteiger partial charge in [0.15, 0.2) is 0 Å². The normalized spacial score (nSPS) is 27.3. The van der Waals surface area contributed by atoms with Crippen LogP contribution >= 0.6 is 0 Å². The highest BCUT2D eigenvalue weighted by Crippen LogP contribution is 2.29. The SMILES string of the molecule is CC(C)(C)OC(=O)N1CCN([C@H]2C[C@@H](OCCO)C2)CC1. The maximum Gasteiger partial charge on any atom is 0.410 e. The molecule has 1 aliphatic heterocycles. The summed E-state index contributed by atoms with van der Waals surface area (Å²) >= 11 is 0. The minimum atomic E-state index is -0.431. The molecule has 1 amide bonds. The van der Waals surface area contributed by atoms with Gasteiger partial charge >= 0.3 is 6.09 Å². The Morgan fingerprint density at radius 3 is 2.33 bits per heavy atom. The second kappa shape index (κ2) is 6.94. The van der Waals surface area contributed by atoms with Crippen molar-refractivity contribution in [3.05, 3.63) is 0 Å². The lowest BCUT2D eigenvalue weighted by atomic mass is 9.87. The van der Waals surface area contributed by atoms with Crippen molar-refractivity contribution < 1.29 is 19.4 Å². The molecular weight excluding hydrogens is 272 g/mol. The summed E-state index contributed by atoms with van der Waals surface area (Å²) < 4.78 is 10.9. The molecule has 0 aromatic carbocycles. The predicted molar refractivity (Wildman–Crippen MR) is 79.2 cm³/mol. The average molecular weight is 300 g/mol. The van der Waals surface area contributed by atoms with Crippen molar-refractivity contribution in [2.75, 3.05) is 39.4 Å². The highest BCUT2D eigenvalue weighted by Gasteiger charge is 2.36. The van der Waals surface area contributed by atoms with E-state index in [-0.39, 0.29) is 12.7 Å². The highest BCUT2D eigenvalue weighted by atomic mass is 16.6. The van der Waals surface area contributed by atoms with Crippen LogP contribution in [-0.4, -0.2) is 78.1 Å². The third-order valence-corrected chi connectivity index (χ3v) is 4.00. The average Bonchev–Trinajstić information content (AvgIpc) is 2.35. The maximum atomic E-state index is 12.0. The number of hydrogen-bond donors (Lipinski definition) is 1. The number of carbonyl (C=O) groups excluding carboxylic acids is 1. The molecule has 1 aliphatic carbocycles. The summed E-state index contributed by atoms with van der Waals surface area (Å²) in [5, 5.41) is 8.73. The fraction of sp³-hybridized carbons (Fsp3) is 0.933. The van der Waals surface area contributed by atoms with E-state index in [1.165, 1.54) is 0 Å². The van der Waals surface area contributed by atoms with Gasteiger partial charge in [-0.05, 0) is 33.6 Å². The summed E-state index contributed by atoms with van der Waals surface area (Å²) in [5.74, 6) is 0. The van der Waals surface area contributed by atoms with Gasteiger partial charge in [-0.2, -0.15) is 0 Å². The molecule has 0 radical (unpaired) electrons. The molecule has 2 fully saturated rings. The van der Waals surface area contributed by atoms with Gasteiger partial charge in [-0.15, -0.1) is 0 Å². The van der Waals surface area contributed by atoms with E-state index in [1.807, 2.05) is 20.8 Å². The van der Waals surface area contributed by atoms with Crippen LogP contribution in [0.2, 0.25) is 0 Å². The van der Waals surface area contributed by atoms with Gasteiger partial charge in [0.25, 0.3) is 0 Å². The van der Waals surface area contributed by atoms with Crippen LogP contribution in [0.5, 0.6) is 0 Å². The van der Waals surface area contributed by atoms with Crippen molar-refractivity contribution in [1.29, 1.82) is 0 Å². The second-order valence-electron chi connectivity index (χ2n) is 6.84. The summed E-state index contributed by atoms with van der Waals surface area (Å²) in [7, 11) is 0. The molecule has 1 N–H and O–H groups in total. The summed E-state index contributed by atoms with van der Waals surface area (Å²) in [6, 6.07) is 0.564. The topological polar surface area (TPSA) is 62.2 Å². The molecule has 0 aromatic heterocycles. The first-order valence-electron chi connectivity index (χ1n) is 7.83. The van der Waals surface area contributed by atoms with Crippen molar-refractivity contribution in [1.82, 2.24) is 9.80 Å². The Balaban J connectivity index is 1.66. The van der Waals surface area contributed by atoms with Crippen LogP contribution in [0.1, 0.15) is 33.6 Å². The lowest BCUT2D eigenvalue weighted by Crippen LogP contribution is -2.57. The highest BCUT2D eigenvalue weighted by molar-refractivity contribution is 5.68. The summed E-state index contributed by atoms with van der Waals surface area (Å²) in [6.45, 7) is 9.46. The molecule has 0 atom stereocenters. The number of piperazine rings is 1. The Hall–Kier alpha value is -0.850. The zero-order valence-corrected chi connectivity index (χ0v) is 13.4. The van der Waals surface area contributed by atoms with Gasteiger partial charge < -0.3 is 19.5 Å². The number of amides is 1. The van der Waals surface area contributed by atoms with Gasteiger partial charge in [-0.3, -0.25) is 4.90 Å². The fourth-order valence-corrected chi connectivity index (χ4v) is 2.79. The number of aliphatic hydroxyl groups excluding tert-OH is 1. The molecular formula is C15H28N2O4. The molecule has 6 nitrogen and oxygen atoms in total. The molecule has 2 aliphatic rings. The molecule has 1 heterocycles. The molecule has 122 valence electrons. The second-order valence-corrected chi connectivity index (χ2v) is 6.84. The van der Waals surface area contributed by atoms with Crippen molar-refractivity contribution in [3.8, 4) is 0 Å². The Labute approximate surface area is 127 Å². The number of hydrogen-bond acceptors (Lipinski definition) is 5. The zero-order valence-electron chi connectivity index (χ0n) is 13.4. The largest absolute Gasteiger partial charge is 0.444 e. The van der Waals surface area contributed by atoms with Gasteiger partial charge in [0.05, 0.1) is 19.3 Å². The molecule has 6 heteroatoms. The van der Waals surface area contributed by atoms with E-state index in [0.29, 0.717) is 18.8 Å². The van der Waals surface area contributed by atoms with Crippen LogP contribution in [-0.2, 0) is 9.47 Å². The van der Waals surface area contributed by atoms with E-state index in [0.717, 1.165) is 39.0 Å². The van der Waals surface area contributed by atoms with Crippen LogP contribution < -0.4 is 0 Å². The summed E-state index contributed by atoms with van der Waals surface area (Å²) in [6.07, 6.45) is 2.16. The lowest BCUT2D eigenvalue weighted by Gasteiger charge is -2.46. The first-order valence-corrected chi connectivity index (χ1v) is 7.83. The van der Waals surface area contributed by atoms with Crippen molar-refractivity contribution in [3.63, 3.8) is 0 Å². The first-order chi connectivity index (χ1) is 9.89. The molecule has 0 bridgehead atoms. The Kier molecular flexibility index (Phi) is 5.46. The number of nitrogens with zero attached hydrogens (tertiary/aromatic N) is 2. The first kappa shape index (κ1) is 16.5. The van der Waals surface area contributed by atoms with Gasteiger partial charge in [0.2, 0.25) is 0 Å². The van der Waals surface area contributed by atoms with Gasteiger partial charge in [0.1, 0.15) is 5.60 Å². The third-order valence-electron chi connectivity index (χ3n) is 4.00. The lowest BCUT2D eigenvalue weighted by molar-refractivity contribution is -0.0687. The monoisotopic (exact) mass is 300 g/mol. The Morgan fingerprint density at radius 2 is 1.81 bits per heavy atom. The van der Waals surface area contributed by atoms with Crippen LogP contribution in [0.25, 0.3) is 0 Å². The zero-order chi connectivity index (χ0) is 15.5. The number of ether oxygens (including phenoxy) is 2. The van der Waals surface area contributed by atoms with E-state index in [2.05, 4.69) is 4.90 Å². The molecule has 0 spiro atoms. The fourth-order valence-electron chi connectivity index (χ4n) is 2.79. The van der Waals surface area contributed by atoms with Gasteiger partial charge in [0, 0.05) is 32.2 Å². The summed E-state index contributed by atoms with van der Waals surface area (Å²) in [4.78, 5) is 16.2. The van der Waals surface area contributed by atoms with E-state index < -0.39 is 5.60 Å². The third kappa shape index (κ3) is 4.83. The Bertz CT molecular complexity index is 342. The van der Waals surface area contributed by atoms with E-state index >= 15 is 0 Å². The van der Waals surface area contributed by atoms with Crippen molar-refractivity contribution >= 4 is 6.09 Å². The van der Waals surface area contributed by atoms with E-state index in [4.69, 9.17) is 14.6 Å². The van der Waals surface area contributed by atoms with E-state index in [1.54, 1.807) is 4.90 Å². The number of rotatable bonds is 4. The quantitative estimate of drug-likeness (QED) is 0.842. The molecule has 0 unspecified atom stereocenters. The molecule has 1 saturated carbocycles. The predicted octanol–water partition coefficient (Wildman–Crippen LogP) is 1.08. The van der Waals surface area contributed by atoms with Gasteiger partial charge in [-0.25, -0.2) is 4.79 Å². The van der Waals surface area contributed by atoms with Crippen LogP contribution in [0, 0.1) is 0 Å². The number of carbonyl (C=O) groups is 1. The van der Waals surface area contributed by atoms with Crippen molar-refractivity contribution in [2.45, 2.75) is 51.4 Å². The standard InChI is InChI=1S/C15H28N2O4/c1-15(2,3)21-14(19)17-6-4-16(5-7-17)12-10-13(11-12)20-9-8-18/h12-13,18H,4-11H2,1-3H3/t12-,13+. The Morgan fingerprint density at radius 1 is 1.19 bits per heavy atom. The van der Waals surface area contributed by atoms with Crippen LogP contribution in [0.4, 0.5) is 4.79 Å². The molecule has 21 heavy (non-hydrogen) atoms. The smallest absolute Gasteiger partial charge is 0.410 e. The summed E-state index contributed by atoms with van der Waals surface area (Å²) in [5.41, 5.74) is -0.431. The minimum absolute atomic E-state index is 0.0930. The van der Waals surface area contributed by atoms with Crippen LogP contribution in [0.3, 0.4) is 0 Å².